The van der Waals surface area contributed by atoms with Gasteiger partial charge in [0, 0.05) is 17.0 Å². The number of carbonyl (C=O) groups is 2. The number of allylic oxidation sites excluding steroid dienone is 1. The number of nitro groups is 1. The van der Waals surface area contributed by atoms with E-state index in [1.165, 1.54) is 37.3 Å². The molecule has 0 N–H and O–H groups in total. The first-order valence-electron chi connectivity index (χ1n) is 10.6. The standard InChI is InChI=1S/C23H21N5O8S/c1-15(36-37(2,33)34)21(23(30)35-14-17-8-11-18(12-9-17)28(31)32)27-19(20(22(27)29)25-26-24)13-10-16-6-4-3-5-7-16/h3-13,19-20H,14H2,1-2H3/b13-10+,21-15+/t19-,20+/m1/s1. The molecule has 1 amide bonds. The van der Waals surface area contributed by atoms with Gasteiger partial charge in [0.25, 0.3) is 5.69 Å². The fraction of sp³-hybridized carbons (Fsp3) is 0.217. The summed E-state index contributed by atoms with van der Waals surface area (Å²) in [7, 11) is -4.08. The van der Waals surface area contributed by atoms with E-state index < -0.39 is 50.5 Å². The molecule has 3 rings (SSSR count). The Morgan fingerprint density at radius 2 is 1.86 bits per heavy atom. The van der Waals surface area contributed by atoms with Crippen molar-refractivity contribution < 1.29 is 31.9 Å². The average Bonchev–Trinajstić information content (AvgIpc) is 2.85. The van der Waals surface area contributed by atoms with Gasteiger partial charge < -0.3 is 8.92 Å². The van der Waals surface area contributed by atoms with Gasteiger partial charge in [-0.3, -0.25) is 19.8 Å². The molecule has 1 saturated heterocycles. The van der Waals surface area contributed by atoms with Crippen LogP contribution < -0.4 is 0 Å². The number of amides is 1. The summed E-state index contributed by atoms with van der Waals surface area (Å²) >= 11 is 0. The Bertz CT molecular complexity index is 1410. The quantitative estimate of drug-likeness (QED) is 0.0430. The first-order valence-corrected chi connectivity index (χ1v) is 12.4. The van der Waals surface area contributed by atoms with E-state index in [1.54, 1.807) is 30.3 Å². The number of nitrogens with zero attached hydrogens (tertiary/aromatic N) is 5. The molecule has 0 aliphatic carbocycles. The van der Waals surface area contributed by atoms with Crippen molar-refractivity contribution in [1.29, 1.82) is 0 Å². The number of carbonyl (C=O) groups excluding carboxylic acids is 2. The number of azide groups is 1. The van der Waals surface area contributed by atoms with E-state index in [0.717, 1.165) is 16.7 Å². The van der Waals surface area contributed by atoms with E-state index in [-0.39, 0.29) is 12.3 Å². The van der Waals surface area contributed by atoms with Crippen LogP contribution in [-0.4, -0.2) is 48.5 Å². The molecule has 14 heteroatoms. The molecule has 0 bridgehead atoms. The minimum atomic E-state index is -4.08. The van der Waals surface area contributed by atoms with E-state index in [2.05, 4.69) is 10.0 Å². The van der Waals surface area contributed by atoms with Crippen LogP contribution >= 0.6 is 0 Å². The van der Waals surface area contributed by atoms with Gasteiger partial charge in [0.2, 0.25) is 5.91 Å². The minimum absolute atomic E-state index is 0.156. The minimum Gasteiger partial charge on any atom is -0.456 e. The van der Waals surface area contributed by atoms with Gasteiger partial charge in [-0.05, 0) is 35.7 Å². The zero-order valence-electron chi connectivity index (χ0n) is 19.6. The van der Waals surface area contributed by atoms with Crippen LogP contribution in [0.4, 0.5) is 5.69 Å². The Balaban J connectivity index is 1.94. The molecule has 0 saturated carbocycles. The molecule has 0 aromatic heterocycles. The summed E-state index contributed by atoms with van der Waals surface area (Å²) in [6, 6.07) is 12.1. The third-order valence-electron chi connectivity index (χ3n) is 5.13. The maximum atomic E-state index is 13.1. The van der Waals surface area contributed by atoms with E-state index in [4.69, 9.17) is 14.5 Å². The Kier molecular flexibility index (Phi) is 8.27. The molecule has 2 atom stereocenters. The van der Waals surface area contributed by atoms with Crippen molar-refractivity contribution in [1.82, 2.24) is 4.90 Å². The van der Waals surface area contributed by atoms with E-state index in [1.807, 2.05) is 6.07 Å². The summed E-state index contributed by atoms with van der Waals surface area (Å²) in [6.45, 7) is 0.842. The van der Waals surface area contributed by atoms with Crippen LogP contribution in [0.15, 0.2) is 77.2 Å². The maximum absolute atomic E-state index is 13.1. The number of hydrogen-bond donors (Lipinski definition) is 0. The molecule has 37 heavy (non-hydrogen) atoms. The predicted molar refractivity (Wildman–Crippen MR) is 131 cm³/mol. The normalized spacial score (nSPS) is 17.9. The van der Waals surface area contributed by atoms with E-state index in [9.17, 15) is 28.1 Å². The first-order chi connectivity index (χ1) is 17.5. The second-order valence-corrected chi connectivity index (χ2v) is 9.39. The molecule has 0 radical (unpaired) electrons. The predicted octanol–water partition coefficient (Wildman–Crippen LogP) is 3.45. The average molecular weight is 528 g/mol. The molecule has 192 valence electrons. The number of nitro benzene ring substituents is 1. The Morgan fingerprint density at radius 3 is 2.43 bits per heavy atom. The van der Waals surface area contributed by atoms with Gasteiger partial charge in [-0.25, -0.2) is 4.79 Å². The molecular formula is C23H21N5O8S. The molecule has 1 heterocycles. The number of rotatable bonds is 10. The highest BCUT2D eigenvalue weighted by atomic mass is 32.2. The van der Waals surface area contributed by atoms with Crippen LogP contribution in [0, 0.1) is 10.1 Å². The summed E-state index contributed by atoms with van der Waals surface area (Å²) in [4.78, 5) is 39.9. The highest BCUT2D eigenvalue weighted by molar-refractivity contribution is 7.86. The number of esters is 1. The first kappa shape index (κ1) is 26.9. The molecule has 1 fully saturated rings. The van der Waals surface area contributed by atoms with Gasteiger partial charge >= 0.3 is 16.1 Å². The van der Waals surface area contributed by atoms with E-state index in [0.29, 0.717) is 5.56 Å². The largest absolute Gasteiger partial charge is 0.456 e. The molecule has 2 aromatic rings. The zero-order chi connectivity index (χ0) is 27.2. The van der Waals surface area contributed by atoms with Crippen LogP contribution in [0.1, 0.15) is 18.1 Å². The van der Waals surface area contributed by atoms with Crippen LogP contribution in [-0.2, 0) is 35.2 Å². The van der Waals surface area contributed by atoms with Gasteiger partial charge in [0.15, 0.2) is 5.70 Å². The summed E-state index contributed by atoms with van der Waals surface area (Å²) in [5.74, 6) is -2.29. The monoisotopic (exact) mass is 527 g/mol. The van der Waals surface area contributed by atoms with Gasteiger partial charge in [-0.2, -0.15) is 8.42 Å². The van der Waals surface area contributed by atoms with Crippen molar-refractivity contribution in [3.05, 3.63) is 104 Å². The lowest BCUT2D eigenvalue weighted by Crippen LogP contribution is -2.63. The number of ether oxygens (including phenoxy) is 1. The van der Waals surface area contributed by atoms with Crippen molar-refractivity contribution in [3.8, 4) is 0 Å². The number of likely N-dealkylation sites (tertiary alicyclic amines) is 1. The van der Waals surface area contributed by atoms with Crippen LogP contribution in [0.25, 0.3) is 16.5 Å². The summed E-state index contributed by atoms with van der Waals surface area (Å²) in [5.41, 5.74) is 9.41. The van der Waals surface area contributed by atoms with Crippen molar-refractivity contribution in [2.24, 2.45) is 5.11 Å². The van der Waals surface area contributed by atoms with Gasteiger partial charge in [-0.1, -0.05) is 47.6 Å². The topological polar surface area (TPSA) is 182 Å². The Hall–Kier alpha value is -4.68. The highest BCUT2D eigenvalue weighted by Crippen LogP contribution is 2.32. The summed E-state index contributed by atoms with van der Waals surface area (Å²) < 4.78 is 33.7. The third kappa shape index (κ3) is 6.72. The van der Waals surface area contributed by atoms with Crippen LogP contribution in [0.2, 0.25) is 0 Å². The van der Waals surface area contributed by atoms with Crippen molar-refractivity contribution in [2.75, 3.05) is 6.26 Å². The number of β-lactam (4-membered cyclic amide) rings is 1. The smallest absolute Gasteiger partial charge is 0.358 e. The van der Waals surface area contributed by atoms with Crippen molar-refractivity contribution in [3.63, 3.8) is 0 Å². The second-order valence-electron chi connectivity index (χ2n) is 7.81. The number of non-ortho nitro benzene ring substituents is 1. The van der Waals surface area contributed by atoms with Crippen molar-refractivity contribution in [2.45, 2.75) is 25.6 Å². The summed E-state index contributed by atoms with van der Waals surface area (Å²) in [5, 5.41) is 14.3. The molecule has 13 nitrogen and oxygen atoms in total. The molecule has 1 aliphatic rings. The Morgan fingerprint density at radius 1 is 1.22 bits per heavy atom. The molecule has 1 aliphatic heterocycles. The number of hydrogen-bond acceptors (Lipinski definition) is 9. The molecular weight excluding hydrogens is 506 g/mol. The molecule has 2 aromatic carbocycles. The maximum Gasteiger partial charge on any atom is 0.358 e. The lowest BCUT2D eigenvalue weighted by atomic mass is 9.93. The fourth-order valence-electron chi connectivity index (χ4n) is 3.50. The number of benzene rings is 2. The van der Waals surface area contributed by atoms with Crippen LogP contribution in [0.5, 0.6) is 0 Å². The lowest BCUT2D eigenvalue weighted by Gasteiger charge is -2.44. The molecule has 0 spiro atoms. The van der Waals surface area contributed by atoms with Gasteiger partial charge in [0.05, 0.1) is 17.2 Å². The van der Waals surface area contributed by atoms with Gasteiger partial charge in [-0.15, -0.1) is 0 Å². The fourth-order valence-corrected chi connectivity index (χ4v) is 4.03. The summed E-state index contributed by atoms with van der Waals surface area (Å²) in [6.07, 6.45) is 3.95. The SMILES string of the molecule is C/C(OS(C)(=O)=O)=C(/C(=O)OCc1ccc([N+](=O)[O-])cc1)N1C(=O)[C@@H](N=[N+]=[N-])[C@H]1/C=C/c1ccccc1. The van der Waals surface area contributed by atoms with Crippen LogP contribution in [0.3, 0.4) is 0 Å². The zero-order valence-corrected chi connectivity index (χ0v) is 20.4. The van der Waals surface area contributed by atoms with E-state index >= 15 is 0 Å². The lowest BCUT2D eigenvalue weighted by molar-refractivity contribution is -0.384. The van der Waals surface area contributed by atoms with Crippen molar-refractivity contribution >= 4 is 33.8 Å². The van der Waals surface area contributed by atoms with Gasteiger partial charge in [0.1, 0.15) is 18.4 Å². The second kappa shape index (κ2) is 11.4. The highest BCUT2D eigenvalue weighted by Gasteiger charge is 2.50. The Labute approximate surface area is 211 Å². The molecule has 0 unspecified atom stereocenters. The third-order valence-corrected chi connectivity index (χ3v) is 5.69.